The highest BCUT2D eigenvalue weighted by Gasteiger charge is 2.13. The van der Waals surface area contributed by atoms with Gasteiger partial charge in [-0.05, 0) is 42.1 Å². The number of hydrogen-bond donors (Lipinski definition) is 0. The smallest absolute Gasteiger partial charge is 0.303 e. The molecule has 0 radical (unpaired) electrons. The Morgan fingerprint density at radius 3 is 2.85 bits per heavy atom. The second-order valence-corrected chi connectivity index (χ2v) is 6.15. The molecule has 0 saturated heterocycles. The Balaban J connectivity index is 2.22. The second-order valence-electron chi connectivity index (χ2n) is 4.25. The molecule has 0 N–H and O–H groups in total. The van der Waals surface area contributed by atoms with Gasteiger partial charge in [-0.3, -0.25) is 9.79 Å². The average molecular weight is 352 g/mol. The van der Waals surface area contributed by atoms with Crippen molar-refractivity contribution in [3.63, 3.8) is 0 Å². The third-order valence-corrected chi connectivity index (χ3v) is 4.05. The highest BCUT2D eigenvalue weighted by atomic mass is 79.9. The van der Waals surface area contributed by atoms with E-state index in [4.69, 9.17) is 4.74 Å². The summed E-state index contributed by atoms with van der Waals surface area (Å²) >= 11 is 4.96. The number of benzene rings is 1. The maximum Gasteiger partial charge on any atom is 0.303 e. The first-order valence-corrected chi connectivity index (χ1v) is 7.74. The minimum Gasteiger partial charge on any atom is -0.451 e. The zero-order chi connectivity index (χ0) is 14.5. The van der Waals surface area contributed by atoms with Crippen molar-refractivity contribution in [3.8, 4) is 0 Å². The summed E-state index contributed by atoms with van der Waals surface area (Å²) in [4.78, 5) is 16.6. The van der Waals surface area contributed by atoms with E-state index < -0.39 is 6.10 Å². The molecule has 104 valence electrons. The van der Waals surface area contributed by atoms with E-state index in [1.165, 1.54) is 18.3 Å². The summed E-state index contributed by atoms with van der Waals surface area (Å²) in [6.07, 6.45) is 1.24. The molecule has 0 fully saturated rings. The van der Waals surface area contributed by atoms with Crippen LogP contribution in [0.1, 0.15) is 23.5 Å². The van der Waals surface area contributed by atoms with Crippen LogP contribution in [0.4, 0.5) is 5.69 Å². The number of esters is 1. The molecule has 1 atom stereocenters. The first kappa shape index (κ1) is 14.9. The normalized spacial score (nSPS) is 12.6. The number of carbonyl (C=O) groups excluding carboxylic acids is 1. The highest BCUT2D eigenvalue weighted by Crippen LogP contribution is 2.25. The van der Waals surface area contributed by atoms with Gasteiger partial charge in [0.2, 0.25) is 0 Å². The van der Waals surface area contributed by atoms with Gasteiger partial charge in [0.15, 0.2) is 6.10 Å². The Morgan fingerprint density at radius 1 is 1.45 bits per heavy atom. The maximum atomic E-state index is 11.2. The van der Waals surface area contributed by atoms with Gasteiger partial charge in [0.05, 0.1) is 16.8 Å². The summed E-state index contributed by atoms with van der Waals surface area (Å²) in [5, 5.41) is 1.95. The van der Waals surface area contributed by atoms with Gasteiger partial charge in [0.25, 0.3) is 0 Å². The molecule has 0 bridgehead atoms. The van der Waals surface area contributed by atoms with Crippen LogP contribution in [0, 0.1) is 6.92 Å². The number of aryl methyl sites for hydroxylation is 1. The lowest BCUT2D eigenvalue weighted by Gasteiger charge is -2.10. The second kappa shape index (κ2) is 6.81. The molecule has 20 heavy (non-hydrogen) atoms. The van der Waals surface area contributed by atoms with Crippen LogP contribution in [0.25, 0.3) is 0 Å². The Hall–Kier alpha value is -1.46. The zero-order valence-electron chi connectivity index (χ0n) is 11.2. The molecule has 1 unspecified atom stereocenters. The topological polar surface area (TPSA) is 38.7 Å². The van der Waals surface area contributed by atoms with E-state index in [-0.39, 0.29) is 5.97 Å². The molecule has 0 aliphatic heterocycles. The molecule has 5 heteroatoms. The fourth-order valence-corrected chi connectivity index (χ4v) is 2.90. The van der Waals surface area contributed by atoms with E-state index in [1.54, 1.807) is 6.21 Å². The molecule has 0 spiro atoms. The lowest BCUT2D eigenvalue weighted by molar-refractivity contribution is -0.143. The summed E-state index contributed by atoms with van der Waals surface area (Å²) in [6, 6.07) is 9.72. The van der Waals surface area contributed by atoms with Gasteiger partial charge in [0.1, 0.15) is 0 Å². The quantitative estimate of drug-likeness (QED) is 0.584. The van der Waals surface area contributed by atoms with Crippen molar-refractivity contribution in [1.29, 1.82) is 0 Å². The SMILES string of the molecule is CC(=O)OC(C=Nc1ccc(Br)cc1C)c1cccs1. The molecule has 2 rings (SSSR count). The van der Waals surface area contributed by atoms with Crippen LogP contribution in [-0.4, -0.2) is 12.2 Å². The molecule has 0 saturated carbocycles. The molecule has 0 aliphatic rings. The fourth-order valence-electron chi connectivity index (χ4n) is 1.71. The molecule has 1 aromatic heterocycles. The monoisotopic (exact) mass is 351 g/mol. The Labute approximate surface area is 130 Å². The fraction of sp³-hybridized carbons (Fsp3) is 0.200. The predicted octanol–water partition coefficient (Wildman–Crippen LogP) is 4.83. The molecular formula is C15H14BrNO2S. The molecule has 0 amide bonds. The minimum absolute atomic E-state index is 0.317. The maximum absolute atomic E-state index is 11.2. The van der Waals surface area contributed by atoms with Crippen LogP contribution in [0.2, 0.25) is 0 Å². The van der Waals surface area contributed by atoms with E-state index in [0.717, 1.165) is 20.6 Å². The van der Waals surface area contributed by atoms with Crippen LogP contribution >= 0.6 is 27.3 Å². The summed E-state index contributed by atoms with van der Waals surface area (Å²) < 4.78 is 6.31. The minimum atomic E-state index is -0.435. The van der Waals surface area contributed by atoms with Crippen molar-refractivity contribution >= 4 is 45.1 Å². The van der Waals surface area contributed by atoms with Gasteiger partial charge in [-0.15, -0.1) is 11.3 Å². The van der Waals surface area contributed by atoms with Gasteiger partial charge in [-0.1, -0.05) is 22.0 Å². The van der Waals surface area contributed by atoms with Crippen molar-refractivity contribution in [3.05, 3.63) is 50.6 Å². The molecule has 2 aromatic rings. The van der Waals surface area contributed by atoms with E-state index in [2.05, 4.69) is 20.9 Å². The van der Waals surface area contributed by atoms with Crippen LogP contribution < -0.4 is 0 Å². The van der Waals surface area contributed by atoms with E-state index in [9.17, 15) is 4.79 Å². The van der Waals surface area contributed by atoms with Gasteiger partial charge < -0.3 is 4.74 Å². The first-order chi connectivity index (χ1) is 9.56. The number of hydrogen-bond acceptors (Lipinski definition) is 4. The van der Waals surface area contributed by atoms with Crippen molar-refractivity contribution < 1.29 is 9.53 Å². The molecule has 1 aromatic carbocycles. The lowest BCUT2D eigenvalue weighted by atomic mass is 10.2. The molecule has 0 aliphatic carbocycles. The number of aliphatic imine (C=N–C) groups is 1. The van der Waals surface area contributed by atoms with Crippen LogP contribution in [0.5, 0.6) is 0 Å². The number of rotatable bonds is 4. The highest BCUT2D eigenvalue weighted by molar-refractivity contribution is 9.10. The average Bonchev–Trinajstić information content (AvgIpc) is 2.89. The van der Waals surface area contributed by atoms with Crippen molar-refractivity contribution in [1.82, 2.24) is 0 Å². The van der Waals surface area contributed by atoms with Gasteiger partial charge in [-0.25, -0.2) is 0 Å². The number of nitrogens with zero attached hydrogens (tertiary/aromatic N) is 1. The Kier molecular flexibility index (Phi) is 5.09. The summed E-state index contributed by atoms with van der Waals surface area (Å²) in [5.41, 5.74) is 1.92. The third kappa shape index (κ3) is 4.02. The van der Waals surface area contributed by atoms with Crippen LogP contribution in [0.3, 0.4) is 0 Å². The predicted molar refractivity (Wildman–Crippen MR) is 85.9 cm³/mol. The molecule has 1 heterocycles. The standard InChI is InChI=1S/C15H14BrNO2S/c1-10-8-12(16)5-6-13(10)17-9-14(19-11(2)18)15-4-3-7-20-15/h3-9,14H,1-2H3. The summed E-state index contributed by atoms with van der Waals surface area (Å²) in [5.74, 6) is -0.317. The Bertz CT molecular complexity index is 623. The zero-order valence-corrected chi connectivity index (χ0v) is 13.6. The summed E-state index contributed by atoms with van der Waals surface area (Å²) in [6.45, 7) is 3.39. The Morgan fingerprint density at radius 2 is 2.25 bits per heavy atom. The molecular weight excluding hydrogens is 338 g/mol. The van der Waals surface area contributed by atoms with Crippen LogP contribution in [0.15, 0.2) is 45.2 Å². The molecule has 3 nitrogen and oxygen atoms in total. The van der Waals surface area contributed by atoms with Gasteiger partial charge >= 0.3 is 5.97 Å². The van der Waals surface area contributed by atoms with Gasteiger partial charge in [0, 0.05) is 11.4 Å². The number of halogens is 1. The third-order valence-electron chi connectivity index (χ3n) is 2.62. The van der Waals surface area contributed by atoms with Crippen molar-refractivity contribution in [2.45, 2.75) is 20.0 Å². The number of ether oxygens (including phenoxy) is 1. The van der Waals surface area contributed by atoms with E-state index >= 15 is 0 Å². The number of thiophene rings is 1. The van der Waals surface area contributed by atoms with E-state index in [1.807, 2.05) is 42.6 Å². The van der Waals surface area contributed by atoms with E-state index in [0.29, 0.717) is 0 Å². The van der Waals surface area contributed by atoms with Crippen molar-refractivity contribution in [2.75, 3.05) is 0 Å². The lowest BCUT2D eigenvalue weighted by Crippen LogP contribution is -2.08. The van der Waals surface area contributed by atoms with Gasteiger partial charge in [-0.2, -0.15) is 0 Å². The van der Waals surface area contributed by atoms with Crippen LogP contribution in [-0.2, 0) is 9.53 Å². The first-order valence-electron chi connectivity index (χ1n) is 6.07. The van der Waals surface area contributed by atoms with Crippen molar-refractivity contribution in [2.24, 2.45) is 4.99 Å². The summed E-state index contributed by atoms with van der Waals surface area (Å²) in [7, 11) is 0. The number of carbonyl (C=O) groups is 1. The largest absolute Gasteiger partial charge is 0.451 e.